The van der Waals surface area contributed by atoms with Gasteiger partial charge in [0.25, 0.3) is 0 Å². The molecule has 0 saturated heterocycles. The fourth-order valence-corrected chi connectivity index (χ4v) is 2.10. The Labute approximate surface area is 98.2 Å². The molecular formula is C13H12N2O2. The van der Waals surface area contributed by atoms with Crippen LogP contribution in [-0.2, 0) is 0 Å². The number of rotatable bonds is 2. The summed E-state index contributed by atoms with van der Waals surface area (Å²) < 4.78 is 10.7. The lowest BCUT2D eigenvalue weighted by molar-refractivity contribution is 0.410. The summed E-state index contributed by atoms with van der Waals surface area (Å²) in [6.07, 6.45) is 1.77. The molecule has 2 heterocycles. The summed E-state index contributed by atoms with van der Waals surface area (Å²) in [5.74, 6) is 1.59. The lowest BCUT2D eigenvalue weighted by atomic mass is 10.2. The van der Waals surface area contributed by atoms with E-state index in [0.29, 0.717) is 0 Å². The highest BCUT2D eigenvalue weighted by Gasteiger charge is 2.13. The Bertz CT molecular complexity index is 688. The molecule has 0 saturated carbocycles. The van der Waals surface area contributed by atoms with Crippen molar-refractivity contribution in [1.82, 2.24) is 9.97 Å². The second-order valence-corrected chi connectivity index (χ2v) is 3.74. The highest BCUT2D eigenvalue weighted by Crippen LogP contribution is 2.36. The van der Waals surface area contributed by atoms with Gasteiger partial charge in [-0.3, -0.25) is 4.98 Å². The molecule has 4 heteroatoms. The van der Waals surface area contributed by atoms with E-state index in [9.17, 15) is 0 Å². The Morgan fingerprint density at radius 3 is 2.59 bits per heavy atom. The zero-order valence-electron chi connectivity index (χ0n) is 9.65. The maximum Gasteiger partial charge on any atom is 0.143 e. The smallest absolute Gasteiger partial charge is 0.143 e. The average Bonchev–Trinajstić information content (AvgIpc) is 2.77. The van der Waals surface area contributed by atoms with Crippen LogP contribution in [0.4, 0.5) is 0 Å². The van der Waals surface area contributed by atoms with Crippen LogP contribution in [0.3, 0.4) is 0 Å². The number of aromatic nitrogens is 2. The number of fused-ring (bicyclic) bond motifs is 3. The Morgan fingerprint density at radius 1 is 1.06 bits per heavy atom. The van der Waals surface area contributed by atoms with E-state index in [1.54, 1.807) is 20.4 Å². The van der Waals surface area contributed by atoms with Crippen LogP contribution in [0.15, 0.2) is 30.5 Å². The van der Waals surface area contributed by atoms with E-state index >= 15 is 0 Å². The minimum Gasteiger partial charge on any atom is -0.496 e. The first kappa shape index (κ1) is 9.96. The first-order valence-electron chi connectivity index (χ1n) is 5.32. The third-order valence-electron chi connectivity index (χ3n) is 2.87. The van der Waals surface area contributed by atoms with Gasteiger partial charge in [0.2, 0.25) is 0 Å². The average molecular weight is 228 g/mol. The molecule has 86 valence electrons. The van der Waals surface area contributed by atoms with Crippen molar-refractivity contribution in [3.05, 3.63) is 30.5 Å². The van der Waals surface area contributed by atoms with Gasteiger partial charge < -0.3 is 14.5 Å². The summed E-state index contributed by atoms with van der Waals surface area (Å²) >= 11 is 0. The molecule has 0 aliphatic rings. The van der Waals surface area contributed by atoms with Crippen LogP contribution in [0, 0.1) is 0 Å². The number of methoxy groups -OCH3 is 2. The monoisotopic (exact) mass is 228 g/mol. The van der Waals surface area contributed by atoms with Crippen molar-refractivity contribution < 1.29 is 9.47 Å². The molecule has 0 atom stereocenters. The normalized spacial score (nSPS) is 10.9. The van der Waals surface area contributed by atoms with Crippen LogP contribution < -0.4 is 9.47 Å². The molecule has 0 unspecified atom stereocenters. The Kier molecular flexibility index (Phi) is 2.14. The van der Waals surface area contributed by atoms with E-state index in [2.05, 4.69) is 9.97 Å². The van der Waals surface area contributed by atoms with Gasteiger partial charge in [0.05, 0.1) is 36.2 Å². The predicted octanol–water partition coefficient (Wildman–Crippen LogP) is 2.73. The lowest BCUT2D eigenvalue weighted by Crippen LogP contribution is -1.88. The van der Waals surface area contributed by atoms with E-state index < -0.39 is 0 Å². The zero-order valence-corrected chi connectivity index (χ0v) is 9.65. The molecule has 3 aromatic rings. The van der Waals surface area contributed by atoms with Gasteiger partial charge in [0, 0.05) is 6.20 Å². The number of hydrogen-bond donors (Lipinski definition) is 1. The summed E-state index contributed by atoms with van der Waals surface area (Å²) in [4.78, 5) is 7.69. The fraction of sp³-hybridized carbons (Fsp3) is 0.154. The van der Waals surface area contributed by atoms with Crippen LogP contribution in [0.5, 0.6) is 11.5 Å². The van der Waals surface area contributed by atoms with Crippen molar-refractivity contribution in [2.24, 2.45) is 0 Å². The minimum absolute atomic E-state index is 0.791. The van der Waals surface area contributed by atoms with Gasteiger partial charge in [0.1, 0.15) is 11.5 Å². The van der Waals surface area contributed by atoms with Crippen LogP contribution >= 0.6 is 0 Å². The van der Waals surface area contributed by atoms with Crippen LogP contribution in [0.1, 0.15) is 0 Å². The van der Waals surface area contributed by atoms with Gasteiger partial charge in [0.15, 0.2) is 0 Å². The predicted molar refractivity (Wildman–Crippen MR) is 66.7 cm³/mol. The highest BCUT2D eigenvalue weighted by atomic mass is 16.5. The number of H-pyrrole nitrogens is 1. The number of aromatic amines is 1. The molecule has 0 bridgehead atoms. The quantitative estimate of drug-likeness (QED) is 0.733. The van der Waals surface area contributed by atoms with Crippen molar-refractivity contribution in [1.29, 1.82) is 0 Å². The molecule has 1 N–H and O–H groups in total. The topological polar surface area (TPSA) is 47.1 Å². The Hall–Kier alpha value is -2.23. The molecule has 0 spiro atoms. The molecular weight excluding hydrogens is 216 g/mol. The molecule has 0 aliphatic carbocycles. The molecule has 3 rings (SSSR count). The Balaban J connectivity index is 2.53. The number of hydrogen-bond acceptors (Lipinski definition) is 3. The second kappa shape index (κ2) is 3.66. The lowest BCUT2D eigenvalue weighted by Gasteiger charge is -2.05. The summed E-state index contributed by atoms with van der Waals surface area (Å²) in [5, 5.41) is 0.961. The van der Waals surface area contributed by atoms with Crippen molar-refractivity contribution in [3.8, 4) is 11.5 Å². The minimum atomic E-state index is 0.791. The van der Waals surface area contributed by atoms with Gasteiger partial charge in [-0.15, -0.1) is 0 Å². The first-order valence-corrected chi connectivity index (χ1v) is 5.32. The van der Waals surface area contributed by atoms with Gasteiger partial charge in [-0.2, -0.15) is 0 Å². The van der Waals surface area contributed by atoms with Gasteiger partial charge in [-0.1, -0.05) is 0 Å². The van der Waals surface area contributed by atoms with Crippen LogP contribution in [-0.4, -0.2) is 24.2 Å². The van der Waals surface area contributed by atoms with Crippen LogP contribution in [0.25, 0.3) is 21.9 Å². The standard InChI is InChI=1S/C13H12N2O2/c1-16-9-5-6-10(17-2)13-11(9)12-8(15-13)4-3-7-14-12/h3-7,15H,1-2H3. The molecule has 0 aliphatic heterocycles. The van der Waals surface area contributed by atoms with E-state index in [1.165, 1.54) is 0 Å². The third kappa shape index (κ3) is 1.34. The fourth-order valence-electron chi connectivity index (χ4n) is 2.10. The van der Waals surface area contributed by atoms with E-state index in [4.69, 9.17) is 9.47 Å². The van der Waals surface area contributed by atoms with Gasteiger partial charge >= 0.3 is 0 Å². The van der Waals surface area contributed by atoms with Crippen molar-refractivity contribution in [2.45, 2.75) is 0 Å². The maximum atomic E-state index is 5.38. The molecule has 0 amide bonds. The molecule has 1 aromatic carbocycles. The number of nitrogens with one attached hydrogen (secondary N) is 1. The van der Waals surface area contributed by atoms with Crippen molar-refractivity contribution in [3.63, 3.8) is 0 Å². The number of benzene rings is 1. The zero-order chi connectivity index (χ0) is 11.8. The van der Waals surface area contributed by atoms with E-state index in [1.807, 2.05) is 24.3 Å². The summed E-state index contributed by atoms with van der Waals surface area (Å²) in [7, 11) is 3.31. The number of nitrogens with zero attached hydrogens (tertiary/aromatic N) is 1. The largest absolute Gasteiger partial charge is 0.496 e. The van der Waals surface area contributed by atoms with E-state index in [0.717, 1.165) is 33.4 Å². The Morgan fingerprint density at radius 2 is 1.82 bits per heavy atom. The summed E-state index contributed by atoms with van der Waals surface area (Å²) in [6, 6.07) is 7.66. The molecule has 0 fully saturated rings. The van der Waals surface area contributed by atoms with Gasteiger partial charge in [-0.25, -0.2) is 0 Å². The number of ether oxygens (including phenoxy) is 2. The van der Waals surface area contributed by atoms with Crippen molar-refractivity contribution in [2.75, 3.05) is 14.2 Å². The first-order chi connectivity index (χ1) is 8.35. The SMILES string of the molecule is COc1ccc(OC)c2c1[nH]c1cccnc12. The molecule has 17 heavy (non-hydrogen) atoms. The summed E-state index contributed by atoms with van der Waals surface area (Å²) in [5.41, 5.74) is 2.80. The highest BCUT2D eigenvalue weighted by molar-refractivity contribution is 6.10. The van der Waals surface area contributed by atoms with Gasteiger partial charge in [-0.05, 0) is 24.3 Å². The molecule has 2 aromatic heterocycles. The molecule has 0 radical (unpaired) electrons. The summed E-state index contributed by atoms with van der Waals surface area (Å²) in [6.45, 7) is 0. The van der Waals surface area contributed by atoms with Crippen molar-refractivity contribution >= 4 is 21.9 Å². The van der Waals surface area contributed by atoms with E-state index in [-0.39, 0.29) is 0 Å². The molecule has 4 nitrogen and oxygen atoms in total. The second-order valence-electron chi connectivity index (χ2n) is 3.74. The maximum absolute atomic E-state index is 5.38. The van der Waals surface area contributed by atoms with Crippen LogP contribution in [0.2, 0.25) is 0 Å². The third-order valence-corrected chi connectivity index (χ3v) is 2.87. The number of pyridine rings is 1.